The van der Waals surface area contributed by atoms with Crippen LogP contribution in [0.4, 0.5) is 4.39 Å². The van der Waals surface area contributed by atoms with Gasteiger partial charge in [0.1, 0.15) is 11.6 Å². The van der Waals surface area contributed by atoms with Gasteiger partial charge >= 0.3 is 0 Å². The van der Waals surface area contributed by atoms with E-state index in [9.17, 15) is 9.18 Å². The summed E-state index contributed by atoms with van der Waals surface area (Å²) in [7, 11) is 0. The Labute approximate surface area is 137 Å². The molecule has 0 amide bonds. The molecule has 20 heavy (non-hydrogen) atoms. The van der Waals surface area contributed by atoms with Gasteiger partial charge in [-0.15, -0.1) is 11.3 Å². The van der Waals surface area contributed by atoms with E-state index in [1.54, 1.807) is 19.1 Å². The molecule has 1 unspecified atom stereocenters. The largest absolute Gasteiger partial charge is 0.481 e. The second-order valence-corrected chi connectivity index (χ2v) is 6.90. The summed E-state index contributed by atoms with van der Waals surface area (Å²) in [6.07, 6.45) is -0.762. The molecule has 2 aromatic rings. The van der Waals surface area contributed by atoms with E-state index in [1.807, 2.05) is 0 Å². The van der Waals surface area contributed by atoms with Crippen LogP contribution in [-0.2, 0) is 0 Å². The Morgan fingerprint density at radius 3 is 2.70 bits per heavy atom. The van der Waals surface area contributed by atoms with Gasteiger partial charge in [-0.3, -0.25) is 4.79 Å². The molecule has 0 aliphatic carbocycles. The maximum Gasteiger partial charge on any atom is 0.212 e. The quantitative estimate of drug-likeness (QED) is 0.495. The fourth-order valence-electron chi connectivity index (χ4n) is 1.49. The van der Waals surface area contributed by atoms with E-state index in [4.69, 9.17) is 27.9 Å². The first-order valence-electron chi connectivity index (χ1n) is 5.49. The number of carbonyl (C=O) groups is 1. The molecule has 0 aliphatic rings. The van der Waals surface area contributed by atoms with E-state index in [1.165, 1.54) is 17.4 Å². The van der Waals surface area contributed by atoms with Crippen LogP contribution in [0.3, 0.4) is 0 Å². The number of thiophene rings is 1. The van der Waals surface area contributed by atoms with Crippen LogP contribution < -0.4 is 4.74 Å². The second-order valence-electron chi connectivity index (χ2n) is 3.92. The third kappa shape index (κ3) is 3.52. The van der Waals surface area contributed by atoms with Gasteiger partial charge in [-0.2, -0.15) is 0 Å². The molecule has 1 aromatic heterocycles. The zero-order chi connectivity index (χ0) is 14.9. The Balaban J connectivity index is 2.17. The first-order chi connectivity index (χ1) is 9.38. The highest BCUT2D eigenvalue weighted by molar-refractivity contribution is 9.10. The number of ether oxygens (including phenoxy) is 1. The van der Waals surface area contributed by atoms with Gasteiger partial charge in [0.25, 0.3) is 0 Å². The molecule has 0 fully saturated rings. The lowest BCUT2D eigenvalue weighted by atomic mass is 10.2. The van der Waals surface area contributed by atoms with Crippen molar-refractivity contribution in [1.82, 2.24) is 0 Å². The Morgan fingerprint density at radius 2 is 2.10 bits per heavy atom. The third-order valence-electron chi connectivity index (χ3n) is 2.46. The van der Waals surface area contributed by atoms with Crippen LogP contribution in [0, 0.1) is 5.82 Å². The van der Waals surface area contributed by atoms with Crippen LogP contribution in [0.2, 0.25) is 9.36 Å². The molecule has 1 aromatic carbocycles. The number of benzene rings is 1. The first kappa shape index (κ1) is 15.8. The van der Waals surface area contributed by atoms with E-state index >= 15 is 0 Å². The second kappa shape index (κ2) is 6.43. The van der Waals surface area contributed by atoms with Crippen LogP contribution in [0.5, 0.6) is 5.75 Å². The SMILES string of the molecule is CC(Oc1cc(F)c(Cl)cc1Br)C(=O)c1ccc(Cl)s1. The number of Topliss-reactive ketones (excluding diaryl/α,β-unsaturated/α-hetero) is 1. The van der Waals surface area contributed by atoms with Crippen LogP contribution in [0.25, 0.3) is 0 Å². The highest BCUT2D eigenvalue weighted by Crippen LogP contribution is 2.32. The van der Waals surface area contributed by atoms with Gasteiger partial charge in [0.15, 0.2) is 6.10 Å². The summed E-state index contributed by atoms with van der Waals surface area (Å²) < 4.78 is 19.9. The summed E-state index contributed by atoms with van der Waals surface area (Å²) in [5.74, 6) is -0.608. The van der Waals surface area contributed by atoms with Gasteiger partial charge in [0.05, 0.1) is 18.7 Å². The van der Waals surface area contributed by atoms with E-state index in [0.717, 1.165) is 6.07 Å². The molecular formula is C13H8BrCl2FO2S. The minimum absolute atomic E-state index is 0.0201. The molecule has 0 radical (unpaired) electrons. The molecule has 106 valence electrons. The number of hydrogen-bond donors (Lipinski definition) is 0. The molecule has 0 bridgehead atoms. The van der Waals surface area contributed by atoms with Gasteiger partial charge in [0.2, 0.25) is 5.78 Å². The average molecular weight is 398 g/mol. The Kier molecular flexibility index (Phi) is 5.07. The average Bonchev–Trinajstić information content (AvgIpc) is 2.81. The number of ketones is 1. The minimum atomic E-state index is -0.762. The van der Waals surface area contributed by atoms with Crippen molar-refractivity contribution in [2.75, 3.05) is 0 Å². The van der Waals surface area contributed by atoms with Gasteiger partial charge in [-0.05, 0) is 41.1 Å². The van der Waals surface area contributed by atoms with Crippen molar-refractivity contribution in [1.29, 1.82) is 0 Å². The molecule has 7 heteroatoms. The molecule has 0 N–H and O–H groups in total. The maximum atomic E-state index is 13.4. The standard InChI is InChI=1S/C13H8BrCl2FO2S/c1-6(13(18)11-2-3-12(16)20-11)19-10-5-9(17)8(15)4-7(10)14/h2-6H,1H3. The molecule has 0 saturated carbocycles. The fourth-order valence-corrected chi connectivity index (χ4v) is 3.28. The molecule has 2 nitrogen and oxygen atoms in total. The highest BCUT2D eigenvalue weighted by atomic mass is 79.9. The highest BCUT2D eigenvalue weighted by Gasteiger charge is 2.20. The summed E-state index contributed by atoms with van der Waals surface area (Å²) in [4.78, 5) is 12.6. The van der Waals surface area contributed by atoms with Crippen LogP contribution in [-0.4, -0.2) is 11.9 Å². The Morgan fingerprint density at radius 1 is 1.40 bits per heavy atom. The van der Waals surface area contributed by atoms with Crippen LogP contribution in [0.1, 0.15) is 16.6 Å². The lowest BCUT2D eigenvalue weighted by Crippen LogP contribution is -2.23. The lowest BCUT2D eigenvalue weighted by Gasteiger charge is -2.14. The Bertz CT molecular complexity index is 660. The van der Waals surface area contributed by atoms with Crippen molar-refractivity contribution in [3.05, 3.63) is 48.8 Å². The summed E-state index contributed by atoms with van der Waals surface area (Å²) in [5, 5.41) is -0.0201. The van der Waals surface area contributed by atoms with E-state index in [-0.39, 0.29) is 16.6 Å². The Hall–Kier alpha value is -0.620. The van der Waals surface area contributed by atoms with Crippen molar-refractivity contribution in [2.24, 2.45) is 0 Å². The van der Waals surface area contributed by atoms with Gasteiger partial charge in [-0.25, -0.2) is 4.39 Å². The third-order valence-corrected chi connectivity index (χ3v) is 4.62. The number of halogens is 4. The smallest absolute Gasteiger partial charge is 0.212 e. The molecule has 1 heterocycles. The van der Waals surface area contributed by atoms with Crippen LogP contribution in [0.15, 0.2) is 28.7 Å². The van der Waals surface area contributed by atoms with Crippen molar-refractivity contribution in [2.45, 2.75) is 13.0 Å². The first-order valence-corrected chi connectivity index (χ1v) is 7.85. The maximum absolute atomic E-state index is 13.4. The minimum Gasteiger partial charge on any atom is -0.481 e. The van der Waals surface area contributed by atoms with Gasteiger partial charge < -0.3 is 4.74 Å². The van der Waals surface area contributed by atoms with Crippen LogP contribution >= 0.6 is 50.5 Å². The molecule has 2 rings (SSSR count). The number of rotatable bonds is 4. The van der Waals surface area contributed by atoms with Gasteiger partial charge in [-0.1, -0.05) is 23.2 Å². The molecule has 1 atom stereocenters. The number of hydrogen-bond acceptors (Lipinski definition) is 3. The van der Waals surface area contributed by atoms with E-state index < -0.39 is 11.9 Å². The summed E-state index contributed by atoms with van der Waals surface area (Å²) in [5.41, 5.74) is 0. The van der Waals surface area contributed by atoms with Crippen molar-refractivity contribution >= 4 is 56.3 Å². The van der Waals surface area contributed by atoms with Crippen molar-refractivity contribution < 1.29 is 13.9 Å². The zero-order valence-electron chi connectivity index (χ0n) is 10.1. The fraction of sp³-hybridized carbons (Fsp3) is 0.154. The lowest BCUT2D eigenvalue weighted by molar-refractivity contribution is 0.0821. The number of carbonyl (C=O) groups excluding carboxylic acids is 1. The van der Waals surface area contributed by atoms with Crippen molar-refractivity contribution in [3.8, 4) is 5.75 Å². The molecule has 0 spiro atoms. The van der Waals surface area contributed by atoms with Crippen molar-refractivity contribution in [3.63, 3.8) is 0 Å². The normalized spacial score (nSPS) is 12.2. The van der Waals surface area contributed by atoms with Gasteiger partial charge in [0, 0.05) is 6.07 Å². The topological polar surface area (TPSA) is 26.3 Å². The monoisotopic (exact) mass is 396 g/mol. The molecule has 0 aliphatic heterocycles. The summed E-state index contributed by atoms with van der Waals surface area (Å²) >= 11 is 15.8. The van der Waals surface area contributed by atoms with E-state index in [2.05, 4.69) is 15.9 Å². The predicted octanol–water partition coefficient (Wildman–Crippen LogP) is 5.61. The molecular weight excluding hydrogens is 390 g/mol. The van der Waals surface area contributed by atoms with E-state index in [0.29, 0.717) is 13.7 Å². The molecule has 0 saturated heterocycles. The predicted molar refractivity (Wildman–Crippen MR) is 82.9 cm³/mol. The summed E-state index contributed by atoms with van der Waals surface area (Å²) in [6.45, 7) is 1.59. The zero-order valence-corrected chi connectivity index (χ0v) is 14.0. The summed E-state index contributed by atoms with van der Waals surface area (Å²) in [6, 6.07) is 5.79.